The van der Waals surface area contributed by atoms with Crippen LogP contribution in [0.1, 0.15) is 40.5 Å². The van der Waals surface area contributed by atoms with Gasteiger partial charge in [0, 0.05) is 6.42 Å². The second-order valence-corrected chi connectivity index (χ2v) is 5.40. The zero-order valence-electron chi connectivity index (χ0n) is 10.0. The predicted molar refractivity (Wildman–Crippen MR) is 60.1 cm³/mol. The maximum Gasteiger partial charge on any atom is 0.305 e. The highest BCUT2D eigenvalue weighted by Gasteiger charge is 2.22. The first-order valence-corrected chi connectivity index (χ1v) is 5.24. The third-order valence-electron chi connectivity index (χ3n) is 1.57. The molecule has 88 valence electrons. The Labute approximate surface area is 96.0 Å². The number of azo groups is 1. The fraction of sp³-hybridized carbons (Fsp3) is 0.900. The van der Waals surface area contributed by atoms with Gasteiger partial charge in [-0.1, -0.05) is 11.6 Å². The van der Waals surface area contributed by atoms with E-state index in [1.165, 1.54) is 7.11 Å². The molecule has 0 heterocycles. The molecule has 1 atom stereocenters. The van der Waals surface area contributed by atoms with E-state index in [0.717, 1.165) is 0 Å². The van der Waals surface area contributed by atoms with E-state index < -0.39 is 5.00 Å². The Morgan fingerprint density at radius 1 is 1.27 bits per heavy atom. The molecule has 0 bridgehead atoms. The van der Waals surface area contributed by atoms with E-state index in [0.29, 0.717) is 6.42 Å². The molecule has 0 N–H and O–H groups in total. The molecule has 0 aromatic carbocycles. The molecule has 0 aromatic rings. The van der Waals surface area contributed by atoms with Crippen LogP contribution in [0.3, 0.4) is 0 Å². The number of hydrogen-bond acceptors (Lipinski definition) is 4. The third kappa shape index (κ3) is 8.36. The number of carbonyl (C=O) groups is 1. The van der Waals surface area contributed by atoms with Crippen LogP contribution < -0.4 is 0 Å². The molecule has 0 saturated carbocycles. The fourth-order valence-corrected chi connectivity index (χ4v) is 0.869. The summed E-state index contributed by atoms with van der Waals surface area (Å²) in [5.41, 5.74) is -0.249. The molecule has 0 radical (unpaired) electrons. The molecule has 0 aliphatic carbocycles. The van der Waals surface area contributed by atoms with Crippen molar-refractivity contribution in [1.29, 1.82) is 0 Å². The highest BCUT2D eigenvalue weighted by atomic mass is 35.5. The fourth-order valence-electron chi connectivity index (χ4n) is 0.737. The third-order valence-corrected chi connectivity index (χ3v) is 1.84. The lowest BCUT2D eigenvalue weighted by molar-refractivity contribution is -0.140. The van der Waals surface area contributed by atoms with E-state index in [9.17, 15) is 4.79 Å². The van der Waals surface area contributed by atoms with Crippen LogP contribution in [0.15, 0.2) is 10.2 Å². The summed E-state index contributed by atoms with van der Waals surface area (Å²) >= 11 is 6.08. The minimum absolute atomic E-state index is 0.249. The Kier molecular flexibility index (Phi) is 5.21. The zero-order chi connectivity index (χ0) is 12.1. The minimum atomic E-state index is -0.832. The van der Waals surface area contributed by atoms with Crippen molar-refractivity contribution < 1.29 is 9.53 Å². The van der Waals surface area contributed by atoms with Crippen molar-refractivity contribution >= 4 is 17.6 Å². The van der Waals surface area contributed by atoms with Gasteiger partial charge in [0.25, 0.3) is 0 Å². The number of carbonyl (C=O) groups excluding carboxylic acids is 1. The van der Waals surface area contributed by atoms with E-state index >= 15 is 0 Å². The molecule has 0 fully saturated rings. The van der Waals surface area contributed by atoms with Crippen LogP contribution in [-0.2, 0) is 9.53 Å². The van der Waals surface area contributed by atoms with Crippen LogP contribution >= 0.6 is 11.6 Å². The second-order valence-electron chi connectivity index (χ2n) is 4.59. The van der Waals surface area contributed by atoms with E-state index in [1.54, 1.807) is 6.92 Å². The van der Waals surface area contributed by atoms with Crippen molar-refractivity contribution in [3.63, 3.8) is 0 Å². The lowest BCUT2D eigenvalue weighted by atomic mass is 10.1. The van der Waals surface area contributed by atoms with Crippen molar-refractivity contribution in [2.24, 2.45) is 10.2 Å². The number of rotatable bonds is 4. The Bertz CT molecular complexity index is 244. The van der Waals surface area contributed by atoms with Gasteiger partial charge in [-0.05, 0) is 34.1 Å². The molecule has 1 unspecified atom stereocenters. The quantitative estimate of drug-likeness (QED) is 0.325. The molecule has 5 heteroatoms. The summed E-state index contributed by atoms with van der Waals surface area (Å²) in [7, 11) is 1.35. The van der Waals surface area contributed by atoms with Gasteiger partial charge in [0.1, 0.15) is 0 Å². The number of ether oxygens (including phenoxy) is 1. The molecule has 0 saturated heterocycles. The zero-order valence-corrected chi connectivity index (χ0v) is 10.8. The van der Waals surface area contributed by atoms with Crippen molar-refractivity contribution in [3.8, 4) is 0 Å². The van der Waals surface area contributed by atoms with Gasteiger partial charge >= 0.3 is 5.97 Å². The lowest BCUT2D eigenvalue weighted by Gasteiger charge is -2.17. The van der Waals surface area contributed by atoms with Gasteiger partial charge in [0.05, 0.1) is 12.6 Å². The van der Waals surface area contributed by atoms with Gasteiger partial charge < -0.3 is 4.74 Å². The predicted octanol–water partition coefficient (Wildman–Crippen LogP) is 3.15. The van der Waals surface area contributed by atoms with Crippen molar-refractivity contribution in [3.05, 3.63) is 0 Å². The van der Waals surface area contributed by atoms with Crippen LogP contribution in [0.5, 0.6) is 0 Å². The largest absolute Gasteiger partial charge is 0.469 e. The van der Waals surface area contributed by atoms with Crippen molar-refractivity contribution in [2.45, 2.75) is 51.1 Å². The smallest absolute Gasteiger partial charge is 0.305 e. The van der Waals surface area contributed by atoms with Crippen molar-refractivity contribution in [2.75, 3.05) is 7.11 Å². The minimum Gasteiger partial charge on any atom is -0.469 e. The first kappa shape index (κ1) is 14.4. The van der Waals surface area contributed by atoms with Crippen LogP contribution in [0, 0.1) is 0 Å². The van der Waals surface area contributed by atoms with E-state index in [2.05, 4.69) is 15.0 Å². The highest BCUT2D eigenvalue weighted by Crippen LogP contribution is 2.25. The molecule has 0 rings (SSSR count). The average Bonchev–Trinajstić information content (AvgIpc) is 2.10. The van der Waals surface area contributed by atoms with E-state index in [-0.39, 0.29) is 17.9 Å². The average molecular weight is 235 g/mol. The van der Waals surface area contributed by atoms with Gasteiger partial charge in [-0.2, -0.15) is 10.2 Å². The number of esters is 1. The number of alkyl halides is 1. The summed E-state index contributed by atoms with van der Waals surface area (Å²) in [6.45, 7) is 7.53. The Balaban J connectivity index is 4.19. The molecule has 0 spiro atoms. The number of nitrogens with zero attached hydrogens (tertiary/aromatic N) is 2. The standard InChI is InChI=1S/C10H19ClN2O2/c1-9(2,3)12-13-10(4,11)7-6-8(14)15-5/h6-7H2,1-5H3. The van der Waals surface area contributed by atoms with Crippen LogP contribution in [0.4, 0.5) is 0 Å². The molecule has 0 aromatic heterocycles. The van der Waals surface area contributed by atoms with Crippen LogP contribution in [-0.4, -0.2) is 23.6 Å². The summed E-state index contributed by atoms with van der Waals surface area (Å²) in [4.78, 5) is 10.1. The monoisotopic (exact) mass is 234 g/mol. The van der Waals surface area contributed by atoms with Crippen molar-refractivity contribution in [1.82, 2.24) is 0 Å². The number of halogens is 1. The summed E-state index contributed by atoms with van der Waals surface area (Å²) < 4.78 is 4.52. The summed E-state index contributed by atoms with van der Waals surface area (Å²) in [6.07, 6.45) is 0.667. The maximum atomic E-state index is 10.9. The van der Waals surface area contributed by atoms with Crippen LogP contribution in [0.2, 0.25) is 0 Å². The van der Waals surface area contributed by atoms with Gasteiger partial charge in [0.15, 0.2) is 5.00 Å². The molecule has 0 aliphatic heterocycles. The molecule has 0 aliphatic rings. The Morgan fingerprint density at radius 2 is 1.80 bits per heavy atom. The van der Waals surface area contributed by atoms with Gasteiger partial charge in [0.2, 0.25) is 0 Å². The topological polar surface area (TPSA) is 51.0 Å². The Morgan fingerprint density at radius 3 is 2.20 bits per heavy atom. The first-order valence-electron chi connectivity index (χ1n) is 4.86. The number of methoxy groups -OCH3 is 1. The SMILES string of the molecule is COC(=O)CCC(C)(Cl)N=NC(C)(C)C. The summed E-state index contributed by atoms with van der Waals surface area (Å²) in [5.74, 6) is -0.284. The van der Waals surface area contributed by atoms with Gasteiger partial charge in [-0.25, -0.2) is 0 Å². The first-order chi connectivity index (χ1) is 6.66. The number of hydrogen-bond donors (Lipinski definition) is 0. The molecule has 4 nitrogen and oxygen atoms in total. The van der Waals surface area contributed by atoms with Gasteiger partial charge in [-0.15, -0.1) is 0 Å². The van der Waals surface area contributed by atoms with Crippen LogP contribution in [0.25, 0.3) is 0 Å². The Hall–Kier alpha value is -0.640. The summed E-state index contributed by atoms with van der Waals surface area (Å²) in [6, 6.07) is 0. The normalized spacial score (nSPS) is 16.4. The molecular weight excluding hydrogens is 216 g/mol. The second kappa shape index (κ2) is 5.45. The van der Waals surface area contributed by atoms with E-state index in [1.807, 2.05) is 20.8 Å². The lowest BCUT2D eigenvalue weighted by Crippen LogP contribution is -2.17. The molecular formula is C10H19ClN2O2. The highest BCUT2D eigenvalue weighted by molar-refractivity contribution is 6.23. The van der Waals surface area contributed by atoms with E-state index in [4.69, 9.17) is 11.6 Å². The molecule has 15 heavy (non-hydrogen) atoms. The molecule has 0 amide bonds. The van der Waals surface area contributed by atoms with Gasteiger partial charge in [-0.3, -0.25) is 4.79 Å². The summed E-state index contributed by atoms with van der Waals surface area (Å²) in [5, 5.41) is 8.09. The maximum absolute atomic E-state index is 10.9.